The Kier molecular flexibility index (Phi) is 5.09. The predicted octanol–water partition coefficient (Wildman–Crippen LogP) is 3.48. The largest absolute Gasteiger partial charge is 0.349 e. The van der Waals surface area contributed by atoms with Crippen molar-refractivity contribution >= 4 is 17.5 Å². The molecule has 0 bridgehead atoms. The Morgan fingerprint density at radius 3 is 2.68 bits per heavy atom. The standard InChI is InChI=1S/C18H16ClFN4O/c1-12(13-5-7-14(8-6-13)24-11-21-10-22-24)23-18(25)9-15-16(19)3-2-4-17(15)20/h2-8,10-12H,9H2,1H3,(H,23,25)/t12-/m1/s1. The average molecular weight is 359 g/mol. The summed E-state index contributed by atoms with van der Waals surface area (Å²) in [7, 11) is 0. The molecule has 0 fully saturated rings. The van der Waals surface area contributed by atoms with Gasteiger partial charge in [0, 0.05) is 10.6 Å². The number of nitrogens with one attached hydrogen (secondary N) is 1. The molecule has 128 valence electrons. The van der Waals surface area contributed by atoms with E-state index in [9.17, 15) is 9.18 Å². The molecule has 0 aliphatic carbocycles. The van der Waals surface area contributed by atoms with Gasteiger partial charge in [-0.1, -0.05) is 29.8 Å². The predicted molar refractivity (Wildman–Crippen MR) is 93.0 cm³/mol. The number of hydrogen-bond donors (Lipinski definition) is 1. The number of hydrogen-bond acceptors (Lipinski definition) is 3. The zero-order valence-corrected chi connectivity index (χ0v) is 14.2. The molecule has 5 nitrogen and oxygen atoms in total. The van der Waals surface area contributed by atoms with E-state index >= 15 is 0 Å². The van der Waals surface area contributed by atoms with Crippen LogP contribution in [0.1, 0.15) is 24.1 Å². The number of rotatable bonds is 5. The van der Waals surface area contributed by atoms with Gasteiger partial charge in [0.2, 0.25) is 5.91 Å². The van der Waals surface area contributed by atoms with Gasteiger partial charge in [-0.2, -0.15) is 5.10 Å². The zero-order valence-electron chi connectivity index (χ0n) is 13.5. The van der Waals surface area contributed by atoms with E-state index in [4.69, 9.17) is 11.6 Å². The Hall–Kier alpha value is -2.73. The van der Waals surface area contributed by atoms with Gasteiger partial charge >= 0.3 is 0 Å². The van der Waals surface area contributed by atoms with Crippen molar-refractivity contribution in [2.45, 2.75) is 19.4 Å². The van der Waals surface area contributed by atoms with Crippen LogP contribution in [-0.2, 0) is 11.2 Å². The summed E-state index contributed by atoms with van der Waals surface area (Å²) in [6.07, 6.45) is 2.97. The lowest BCUT2D eigenvalue weighted by atomic mass is 10.1. The van der Waals surface area contributed by atoms with Gasteiger partial charge in [-0.05, 0) is 36.8 Å². The topological polar surface area (TPSA) is 59.8 Å². The first-order chi connectivity index (χ1) is 12.0. The highest BCUT2D eigenvalue weighted by atomic mass is 35.5. The molecule has 0 saturated carbocycles. The van der Waals surface area contributed by atoms with Crippen LogP contribution in [0.4, 0.5) is 4.39 Å². The van der Waals surface area contributed by atoms with E-state index in [1.165, 1.54) is 18.5 Å². The Morgan fingerprint density at radius 2 is 2.04 bits per heavy atom. The fraction of sp³-hybridized carbons (Fsp3) is 0.167. The Labute approximate surface area is 149 Å². The fourth-order valence-corrected chi connectivity index (χ4v) is 2.72. The third kappa shape index (κ3) is 4.03. The minimum atomic E-state index is -0.479. The number of nitrogens with zero attached hydrogens (tertiary/aromatic N) is 3. The first kappa shape index (κ1) is 17.1. The van der Waals surface area contributed by atoms with Gasteiger partial charge in [-0.25, -0.2) is 14.1 Å². The summed E-state index contributed by atoms with van der Waals surface area (Å²) in [6, 6.07) is 11.7. The van der Waals surface area contributed by atoms with Gasteiger partial charge in [-0.3, -0.25) is 4.79 Å². The Balaban J connectivity index is 1.65. The van der Waals surface area contributed by atoms with Crippen molar-refractivity contribution in [3.05, 3.63) is 77.1 Å². The van der Waals surface area contributed by atoms with Gasteiger partial charge < -0.3 is 5.32 Å². The summed E-state index contributed by atoms with van der Waals surface area (Å²) in [4.78, 5) is 16.1. The molecule has 1 amide bonds. The van der Waals surface area contributed by atoms with Gasteiger partial charge in [0.05, 0.1) is 18.2 Å². The van der Waals surface area contributed by atoms with Crippen LogP contribution in [0.15, 0.2) is 55.1 Å². The van der Waals surface area contributed by atoms with E-state index < -0.39 is 5.82 Å². The Bertz CT molecular complexity index is 845. The van der Waals surface area contributed by atoms with Crippen molar-refractivity contribution in [2.24, 2.45) is 0 Å². The molecule has 0 aliphatic rings. The minimum Gasteiger partial charge on any atom is -0.349 e. The fourth-order valence-electron chi connectivity index (χ4n) is 2.49. The van der Waals surface area contributed by atoms with Crippen LogP contribution >= 0.6 is 11.6 Å². The molecule has 1 heterocycles. The second-order valence-electron chi connectivity index (χ2n) is 5.60. The van der Waals surface area contributed by atoms with Crippen molar-refractivity contribution < 1.29 is 9.18 Å². The number of aromatic nitrogens is 3. The lowest BCUT2D eigenvalue weighted by Crippen LogP contribution is -2.28. The van der Waals surface area contributed by atoms with Crippen LogP contribution in [0, 0.1) is 5.82 Å². The molecule has 0 spiro atoms. The maximum absolute atomic E-state index is 13.8. The molecule has 3 aromatic rings. The second kappa shape index (κ2) is 7.44. The van der Waals surface area contributed by atoms with Crippen LogP contribution in [0.3, 0.4) is 0 Å². The van der Waals surface area contributed by atoms with E-state index in [-0.39, 0.29) is 29.0 Å². The van der Waals surface area contributed by atoms with Gasteiger partial charge in [0.15, 0.2) is 0 Å². The summed E-state index contributed by atoms with van der Waals surface area (Å²) >= 11 is 5.96. The molecule has 1 N–H and O–H groups in total. The molecule has 0 unspecified atom stereocenters. The van der Waals surface area contributed by atoms with E-state index in [2.05, 4.69) is 15.4 Å². The molecule has 2 aromatic carbocycles. The molecule has 0 saturated heterocycles. The van der Waals surface area contributed by atoms with Gasteiger partial charge in [-0.15, -0.1) is 0 Å². The van der Waals surface area contributed by atoms with Crippen LogP contribution < -0.4 is 5.32 Å². The third-order valence-electron chi connectivity index (χ3n) is 3.85. The molecular weight excluding hydrogens is 343 g/mol. The normalized spacial score (nSPS) is 12.0. The summed E-state index contributed by atoms with van der Waals surface area (Å²) < 4.78 is 15.4. The summed E-state index contributed by atoms with van der Waals surface area (Å²) in [5.74, 6) is -0.771. The molecule has 0 radical (unpaired) electrons. The van der Waals surface area contributed by atoms with E-state index in [0.29, 0.717) is 0 Å². The zero-order chi connectivity index (χ0) is 17.8. The maximum Gasteiger partial charge on any atom is 0.225 e. The van der Waals surface area contributed by atoms with Crippen LogP contribution in [-0.4, -0.2) is 20.7 Å². The summed E-state index contributed by atoms with van der Waals surface area (Å²) in [5, 5.41) is 7.16. The molecule has 1 atom stereocenters. The van der Waals surface area contributed by atoms with Gasteiger partial charge in [0.1, 0.15) is 18.5 Å². The van der Waals surface area contributed by atoms with Crippen molar-refractivity contribution in [3.8, 4) is 5.69 Å². The van der Waals surface area contributed by atoms with Crippen molar-refractivity contribution in [1.82, 2.24) is 20.1 Å². The molecule has 1 aromatic heterocycles. The summed E-state index contributed by atoms with van der Waals surface area (Å²) in [5.41, 5.74) is 2.00. The third-order valence-corrected chi connectivity index (χ3v) is 4.21. The lowest BCUT2D eigenvalue weighted by Gasteiger charge is -2.15. The van der Waals surface area contributed by atoms with Gasteiger partial charge in [0.25, 0.3) is 0 Å². The van der Waals surface area contributed by atoms with Crippen LogP contribution in [0.2, 0.25) is 5.02 Å². The average Bonchev–Trinajstić information content (AvgIpc) is 3.13. The molecular formula is C18H16ClFN4O. The molecule has 3 rings (SSSR count). The van der Waals surface area contributed by atoms with E-state index in [0.717, 1.165) is 11.3 Å². The van der Waals surface area contributed by atoms with Crippen LogP contribution in [0.25, 0.3) is 5.69 Å². The quantitative estimate of drug-likeness (QED) is 0.759. The van der Waals surface area contributed by atoms with Crippen molar-refractivity contribution in [1.29, 1.82) is 0 Å². The second-order valence-corrected chi connectivity index (χ2v) is 6.00. The highest BCUT2D eigenvalue weighted by molar-refractivity contribution is 6.31. The number of carbonyl (C=O) groups excluding carboxylic acids is 1. The number of carbonyl (C=O) groups is 1. The smallest absolute Gasteiger partial charge is 0.225 e. The SMILES string of the molecule is C[C@@H](NC(=O)Cc1c(F)cccc1Cl)c1ccc(-n2cncn2)cc1. The van der Waals surface area contributed by atoms with Crippen molar-refractivity contribution in [3.63, 3.8) is 0 Å². The monoisotopic (exact) mass is 358 g/mol. The lowest BCUT2D eigenvalue weighted by molar-refractivity contribution is -0.121. The summed E-state index contributed by atoms with van der Waals surface area (Å²) in [6.45, 7) is 1.87. The first-order valence-corrected chi connectivity index (χ1v) is 8.09. The molecule has 0 aliphatic heterocycles. The molecule has 7 heteroatoms. The van der Waals surface area contributed by atoms with Crippen molar-refractivity contribution in [2.75, 3.05) is 0 Å². The number of amides is 1. The Morgan fingerprint density at radius 1 is 1.28 bits per heavy atom. The highest BCUT2D eigenvalue weighted by Gasteiger charge is 2.14. The molecule has 25 heavy (non-hydrogen) atoms. The highest BCUT2D eigenvalue weighted by Crippen LogP contribution is 2.20. The van der Waals surface area contributed by atoms with Crippen LogP contribution in [0.5, 0.6) is 0 Å². The van der Waals surface area contributed by atoms with E-state index in [1.54, 1.807) is 17.1 Å². The minimum absolute atomic E-state index is 0.104. The maximum atomic E-state index is 13.8. The first-order valence-electron chi connectivity index (χ1n) is 7.72. The number of benzene rings is 2. The van der Waals surface area contributed by atoms with E-state index in [1.807, 2.05) is 31.2 Å². The number of halogens is 2.